The number of anilines is 1. The van der Waals surface area contributed by atoms with Crippen LogP contribution in [0.15, 0.2) is 60.7 Å². The van der Waals surface area contributed by atoms with Crippen LogP contribution in [0.4, 0.5) is 5.69 Å². The number of imide groups is 1. The van der Waals surface area contributed by atoms with Crippen LogP contribution >= 0.6 is 0 Å². The van der Waals surface area contributed by atoms with E-state index in [2.05, 4.69) is 34.1 Å². The van der Waals surface area contributed by atoms with Crippen LogP contribution < -0.4 is 4.90 Å². The normalized spacial score (nSPS) is 20.3. The maximum Gasteiger partial charge on any atom is 0.337 e. The Balaban J connectivity index is 1.32. The summed E-state index contributed by atoms with van der Waals surface area (Å²) in [5, 5.41) is 0. The SMILES string of the molecule is COC(=O)c1ccc(N2C(=O)C[C@H](N3CCN(C/C=C\c4ccccc4)CC3)C2=O)cc1. The minimum absolute atomic E-state index is 0.186. The Labute approximate surface area is 187 Å². The first-order valence-corrected chi connectivity index (χ1v) is 10.8. The highest BCUT2D eigenvalue weighted by Crippen LogP contribution is 2.26. The van der Waals surface area contributed by atoms with Crippen molar-refractivity contribution in [1.82, 2.24) is 9.80 Å². The second kappa shape index (κ2) is 9.89. The van der Waals surface area contributed by atoms with E-state index < -0.39 is 12.0 Å². The first kappa shape index (κ1) is 21.9. The number of esters is 1. The van der Waals surface area contributed by atoms with Crippen LogP contribution in [-0.2, 0) is 14.3 Å². The topological polar surface area (TPSA) is 70.2 Å². The van der Waals surface area contributed by atoms with Gasteiger partial charge in [0.2, 0.25) is 5.91 Å². The summed E-state index contributed by atoms with van der Waals surface area (Å²) < 4.78 is 4.69. The molecule has 2 aromatic carbocycles. The average molecular weight is 434 g/mol. The molecule has 2 aromatic rings. The maximum atomic E-state index is 13.0. The lowest BCUT2D eigenvalue weighted by Gasteiger charge is -2.36. The molecule has 166 valence electrons. The minimum Gasteiger partial charge on any atom is -0.465 e. The Morgan fingerprint density at radius 1 is 1.00 bits per heavy atom. The Morgan fingerprint density at radius 2 is 1.69 bits per heavy atom. The van der Waals surface area contributed by atoms with E-state index in [0.29, 0.717) is 11.3 Å². The van der Waals surface area contributed by atoms with E-state index in [1.54, 1.807) is 24.3 Å². The molecule has 0 saturated carbocycles. The third-order valence-corrected chi connectivity index (χ3v) is 5.99. The summed E-state index contributed by atoms with van der Waals surface area (Å²) in [6.45, 7) is 4.06. The van der Waals surface area contributed by atoms with Gasteiger partial charge in [-0.1, -0.05) is 42.5 Å². The van der Waals surface area contributed by atoms with Gasteiger partial charge in [-0.2, -0.15) is 0 Å². The fourth-order valence-electron chi connectivity index (χ4n) is 4.20. The molecular formula is C25H27N3O4. The number of benzene rings is 2. The van der Waals surface area contributed by atoms with Gasteiger partial charge in [-0.15, -0.1) is 0 Å². The van der Waals surface area contributed by atoms with Gasteiger partial charge in [0.25, 0.3) is 5.91 Å². The van der Waals surface area contributed by atoms with Gasteiger partial charge >= 0.3 is 5.97 Å². The zero-order valence-corrected chi connectivity index (χ0v) is 18.1. The molecule has 7 nitrogen and oxygen atoms in total. The maximum absolute atomic E-state index is 13.0. The highest BCUT2D eigenvalue weighted by atomic mass is 16.5. The highest BCUT2D eigenvalue weighted by Gasteiger charge is 2.43. The first-order chi connectivity index (χ1) is 15.6. The van der Waals surface area contributed by atoms with Crippen molar-refractivity contribution in [1.29, 1.82) is 0 Å². The van der Waals surface area contributed by atoms with Gasteiger partial charge in [-0.3, -0.25) is 19.4 Å². The van der Waals surface area contributed by atoms with Crippen molar-refractivity contribution in [2.24, 2.45) is 0 Å². The number of hydrogen-bond donors (Lipinski definition) is 0. The van der Waals surface area contributed by atoms with E-state index in [1.165, 1.54) is 17.6 Å². The monoisotopic (exact) mass is 433 g/mol. The number of amides is 2. The molecule has 2 aliphatic heterocycles. The molecule has 32 heavy (non-hydrogen) atoms. The lowest BCUT2D eigenvalue weighted by molar-refractivity contribution is -0.123. The predicted molar refractivity (Wildman–Crippen MR) is 122 cm³/mol. The van der Waals surface area contributed by atoms with Crippen LogP contribution in [0.5, 0.6) is 0 Å². The van der Waals surface area contributed by atoms with Gasteiger partial charge in [-0.25, -0.2) is 9.69 Å². The predicted octanol–water partition coefficient (Wildman–Crippen LogP) is 2.44. The molecule has 0 aliphatic carbocycles. The molecule has 2 aliphatic rings. The number of hydrogen-bond acceptors (Lipinski definition) is 6. The van der Waals surface area contributed by atoms with Gasteiger partial charge in [0.1, 0.15) is 0 Å². The quantitative estimate of drug-likeness (QED) is 0.515. The number of methoxy groups -OCH3 is 1. The van der Waals surface area contributed by atoms with Crippen molar-refractivity contribution < 1.29 is 19.1 Å². The lowest BCUT2D eigenvalue weighted by Crippen LogP contribution is -2.52. The Morgan fingerprint density at radius 3 is 2.34 bits per heavy atom. The summed E-state index contributed by atoms with van der Waals surface area (Å²) in [5.74, 6) is -0.859. The summed E-state index contributed by atoms with van der Waals surface area (Å²) >= 11 is 0. The third-order valence-electron chi connectivity index (χ3n) is 5.99. The van der Waals surface area contributed by atoms with Crippen molar-refractivity contribution in [2.45, 2.75) is 12.5 Å². The summed E-state index contributed by atoms with van der Waals surface area (Å²) in [7, 11) is 1.31. The van der Waals surface area contributed by atoms with E-state index in [-0.39, 0.29) is 18.2 Å². The Bertz CT molecular complexity index is 996. The Hall–Kier alpha value is -3.29. The fourth-order valence-corrected chi connectivity index (χ4v) is 4.20. The van der Waals surface area contributed by atoms with Crippen LogP contribution in [0.1, 0.15) is 22.3 Å². The number of rotatable bonds is 6. The molecule has 0 spiro atoms. The van der Waals surface area contributed by atoms with Crippen LogP contribution in [0.2, 0.25) is 0 Å². The molecule has 4 rings (SSSR count). The molecule has 0 N–H and O–H groups in total. The molecule has 0 aromatic heterocycles. The van der Waals surface area contributed by atoms with Crippen molar-refractivity contribution in [3.63, 3.8) is 0 Å². The number of carbonyl (C=O) groups is 3. The smallest absolute Gasteiger partial charge is 0.337 e. The molecule has 1 atom stereocenters. The molecule has 2 heterocycles. The van der Waals surface area contributed by atoms with Crippen LogP contribution in [0, 0.1) is 0 Å². The second-order valence-electron chi connectivity index (χ2n) is 7.98. The van der Waals surface area contributed by atoms with E-state index in [9.17, 15) is 14.4 Å². The van der Waals surface area contributed by atoms with Crippen molar-refractivity contribution in [3.8, 4) is 0 Å². The molecule has 7 heteroatoms. The van der Waals surface area contributed by atoms with Crippen LogP contribution in [0.3, 0.4) is 0 Å². The number of piperazine rings is 1. The molecule has 0 unspecified atom stereocenters. The zero-order valence-electron chi connectivity index (χ0n) is 18.1. The molecule has 2 amide bonds. The largest absolute Gasteiger partial charge is 0.465 e. The van der Waals surface area contributed by atoms with Crippen molar-refractivity contribution >= 4 is 29.5 Å². The summed E-state index contributed by atoms with van der Waals surface area (Å²) in [6.07, 6.45) is 4.47. The number of carbonyl (C=O) groups excluding carboxylic acids is 3. The minimum atomic E-state index is -0.454. The third kappa shape index (κ3) is 4.79. The summed E-state index contributed by atoms with van der Waals surface area (Å²) in [6, 6.07) is 16.1. The van der Waals surface area contributed by atoms with Crippen molar-refractivity contribution in [3.05, 3.63) is 71.8 Å². The van der Waals surface area contributed by atoms with Gasteiger partial charge < -0.3 is 4.74 Å². The molecule has 2 fully saturated rings. The number of ether oxygens (including phenoxy) is 1. The standard InChI is InChI=1S/C25H27N3O4/c1-32-25(31)20-9-11-21(12-10-20)28-23(29)18-22(24(28)30)27-16-14-26(15-17-27)13-5-8-19-6-3-2-4-7-19/h2-12,22H,13-18H2,1H3/b8-5-/t22-/m0/s1. The van der Waals surface area contributed by atoms with Crippen LogP contribution in [-0.4, -0.2) is 73.5 Å². The lowest BCUT2D eigenvalue weighted by atomic mass is 10.1. The average Bonchev–Trinajstić information content (AvgIpc) is 3.13. The molecular weight excluding hydrogens is 406 g/mol. The van der Waals surface area contributed by atoms with Gasteiger partial charge in [0.15, 0.2) is 0 Å². The molecule has 2 saturated heterocycles. The zero-order chi connectivity index (χ0) is 22.5. The second-order valence-corrected chi connectivity index (χ2v) is 7.98. The van der Waals surface area contributed by atoms with Crippen molar-refractivity contribution in [2.75, 3.05) is 44.7 Å². The molecule has 0 radical (unpaired) electrons. The fraction of sp³-hybridized carbons (Fsp3) is 0.320. The summed E-state index contributed by atoms with van der Waals surface area (Å²) in [5.41, 5.74) is 2.05. The van der Waals surface area contributed by atoms with E-state index in [0.717, 1.165) is 32.7 Å². The van der Waals surface area contributed by atoms with E-state index in [1.807, 2.05) is 18.2 Å². The first-order valence-electron chi connectivity index (χ1n) is 10.8. The molecule has 0 bridgehead atoms. The van der Waals surface area contributed by atoms with Gasteiger partial charge in [0, 0.05) is 32.7 Å². The van der Waals surface area contributed by atoms with Gasteiger partial charge in [-0.05, 0) is 29.8 Å². The summed E-state index contributed by atoms with van der Waals surface area (Å²) in [4.78, 5) is 43.0. The highest BCUT2D eigenvalue weighted by molar-refractivity contribution is 6.22. The van der Waals surface area contributed by atoms with E-state index >= 15 is 0 Å². The Kier molecular flexibility index (Phi) is 6.78. The number of nitrogens with zero attached hydrogens (tertiary/aromatic N) is 3. The van der Waals surface area contributed by atoms with E-state index in [4.69, 9.17) is 4.74 Å². The van der Waals surface area contributed by atoms with Gasteiger partial charge in [0.05, 0.1) is 30.8 Å². The van der Waals surface area contributed by atoms with Crippen LogP contribution in [0.25, 0.3) is 6.08 Å².